The van der Waals surface area contributed by atoms with E-state index >= 15 is 0 Å². The maximum atomic E-state index is 11.5. The number of nitrogens with two attached hydrogens (primary N) is 1. The van der Waals surface area contributed by atoms with Gasteiger partial charge in [-0.2, -0.15) is 5.26 Å². The van der Waals surface area contributed by atoms with Crippen molar-refractivity contribution in [3.8, 4) is 6.07 Å². The van der Waals surface area contributed by atoms with Crippen molar-refractivity contribution in [1.82, 2.24) is 10.2 Å². The second-order valence-electron chi connectivity index (χ2n) is 4.55. The molecule has 0 saturated carbocycles. The minimum absolute atomic E-state index is 0.0171. The van der Waals surface area contributed by atoms with E-state index in [1.807, 2.05) is 6.07 Å². The van der Waals surface area contributed by atoms with Crippen LogP contribution in [0.25, 0.3) is 0 Å². The fourth-order valence-electron chi connectivity index (χ4n) is 2.16. The Morgan fingerprint density at radius 3 is 3.00 bits per heavy atom. The van der Waals surface area contributed by atoms with Gasteiger partial charge in [-0.3, -0.25) is 9.69 Å². The Labute approximate surface area is 96.6 Å². The van der Waals surface area contributed by atoms with Crippen molar-refractivity contribution in [2.24, 2.45) is 11.7 Å². The van der Waals surface area contributed by atoms with Crippen molar-refractivity contribution in [2.45, 2.75) is 25.8 Å². The molecule has 1 aliphatic heterocycles. The third-order valence-corrected chi connectivity index (χ3v) is 2.69. The summed E-state index contributed by atoms with van der Waals surface area (Å²) >= 11 is 0. The lowest BCUT2D eigenvalue weighted by molar-refractivity contribution is -0.122. The first-order valence-electron chi connectivity index (χ1n) is 5.73. The first kappa shape index (κ1) is 12.9. The van der Waals surface area contributed by atoms with Gasteiger partial charge in [0, 0.05) is 25.7 Å². The topological polar surface area (TPSA) is 82.2 Å². The number of amides is 1. The van der Waals surface area contributed by atoms with Crippen LogP contribution in [0.2, 0.25) is 0 Å². The summed E-state index contributed by atoms with van der Waals surface area (Å²) in [6, 6.07) is 2.17. The minimum Gasteiger partial charge on any atom is -0.354 e. The molecule has 0 bridgehead atoms. The van der Waals surface area contributed by atoms with Crippen molar-refractivity contribution >= 4 is 5.91 Å². The second kappa shape index (κ2) is 6.46. The quantitative estimate of drug-likeness (QED) is 0.641. The van der Waals surface area contributed by atoms with E-state index in [2.05, 4.69) is 17.1 Å². The fraction of sp³-hybridized carbons (Fsp3) is 0.818. The van der Waals surface area contributed by atoms with Crippen LogP contribution in [0, 0.1) is 17.2 Å². The Kier molecular flexibility index (Phi) is 5.23. The largest absolute Gasteiger partial charge is 0.354 e. The number of nitrogens with zero attached hydrogens (tertiary/aromatic N) is 2. The fourth-order valence-corrected chi connectivity index (χ4v) is 2.16. The van der Waals surface area contributed by atoms with Gasteiger partial charge in [-0.15, -0.1) is 0 Å². The summed E-state index contributed by atoms with van der Waals surface area (Å²) in [4.78, 5) is 13.6. The van der Waals surface area contributed by atoms with Crippen molar-refractivity contribution < 1.29 is 4.79 Å². The second-order valence-corrected chi connectivity index (χ2v) is 4.55. The Morgan fingerprint density at radius 2 is 2.38 bits per heavy atom. The van der Waals surface area contributed by atoms with Gasteiger partial charge in [-0.05, 0) is 12.3 Å². The number of carbonyl (C=O) groups excluding carboxylic acids is 1. The highest BCUT2D eigenvalue weighted by molar-refractivity contribution is 5.78. The molecular weight excluding hydrogens is 204 g/mol. The first-order valence-corrected chi connectivity index (χ1v) is 5.73. The van der Waals surface area contributed by atoms with Crippen LogP contribution in [0.5, 0.6) is 0 Å². The van der Waals surface area contributed by atoms with Crippen molar-refractivity contribution in [3.05, 3.63) is 0 Å². The molecular formula is C11H20N4O. The number of likely N-dealkylation sites (tertiary alicyclic amines) is 1. The Balaban J connectivity index is 2.25. The van der Waals surface area contributed by atoms with Crippen molar-refractivity contribution in [1.29, 1.82) is 5.26 Å². The summed E-state index contributed by atoms with van der Waals surface area (Å²) < 4.78 is 0. The third-order valence-electron chi connectivity index (χ3n) is 2.69. The minimum atomic E-state index is -0.0171. The summed E-state index contributed by atoms with van der Waals surface area (Å²) in [5, 5.41) is 11.1. The van der Waals surface area contributed by atoms with E-state index in [1.165, 1.54) is 0 Å². The van der Waals surface area contributed by atoms with E-state index in [9.17, 15) is 4.79 Å². The molecule has 16 heavy (non-hydrogen) atoms. The van der Waals surface area contributed by atoms with Crippen LogP contribution in [0.3, 0.4) is 0 Å². The van der Waals surface area contributed by atoms with E-state index < -0.39 is 0 Å². The number of carbonyl (C=O) groups is 1. The Hall–Kier alpha value is -1.12. The zero-order valence-electron chi connectivity index (χ0n) is 9.78. The van der Waals surface area contributed by atoms with Crippen LogP contribution in [0.4, 0.5) is 0 Å². The SMILES string of the molecule is CC1CC(N)CN(CC(=O)NCCC#N)C1. The van der Waals surface area contributed by atoms with Crippen molar-refractivity contribution in [3.63, 3.8) is 0 Å². The molecule has 1 heterocycles. The lowest BCUT2D eigenvalue weighted by Gasteiger charge is -2.34. The zero-order chi connectivity index (χ0) is 12.0. The first-order chi connectivity index (χ1) is 7.61. The normalized spacial score (nSPS) is 26.1. The number of nitriles is 1. The van der Waals surface area contributed by atoms with Gasteiger partial charge in [0.15, 0.2) is 0 Å². The van der Waals surface area contributed by atoms with Crippen molar-refractivity contribution in [2.75, 3.05) is 26.2 Å². The molecule has 0 aromatic heterocycles. The van der Waals surface area contributed by atoms with E-state index in [4.69, 9.17) is 11.0 Å². The highest BCUT2D eigenvalue weighted by atomic mass is 16.2. The van der Waals surface area contributed by atoms with Gasteiger partial charge in [-0.1, -0.05) is 6.92 Å². The van der Waals surface area contributed by atoms with E-state index in [0.29, 0.717) is 25.4 Å². The highest BCUT2D eigenvalue weighted by Crippen LogP contribution is 2.14. The molecule has 3 N–H and O–H groups in total. The smallest absolute Gasteiger partial charge is 0.234 e. The number of hydrogen-bond acceptors (Lipinski definition) is 4. The molecule has 1 saturated heterocycles. The predicted molar refractivity (Wildman–Crippen MR) is 61.4 cm³/mol. The van der Waals surface area contributed by atoms with Gasteiger partial charge in [0.25, 0.3) is 0 Å². The maximum absolute atomic E-state index is 11.5. The van der Waals surface area contributed by atoms with Crippen LogP contribution in [-0.2, 0) is 4.79 Å². The summed E-state index contributed by atoms with van der Waals surface area (Å²) in [6.45, 7) is 4.70. The number of hydrogen-bond donors (Lipinski definition) is 2. The molecule has 0 aromatic carbocycles. The monoisotopic (exact) mass is 224 g/mol. The van der Waals surface area contributed by atoms with Gasteiger partial charge in [0.1, 0.15) is 0 Å². The van der Waals surface area contributed by atoms with Gasteiger partial charge in [0.2, 0.25) is 5.91 Å². The van der Waals surface area contributed by atoms with Crippen LogP contribution >= 0.6 is 0 Å². The van der Waals surface area contributed by atoms with Crippen LogP contribution in [0.15, 0.2) is 0 Å². The summed E-state index contributed by atoms with van der Waals surface area (Å²) in [5.41, 5.74) is 5.90. The molecule has 0 aromatic rings. The predicted octanol–water partition coefficient (Wildman–Crippen LogP) is -0.315. The molecule has 1 aliphatic rings. The lowest BCUT2D eigenvalue weighted by Crippen LogP contribution is -2.49. The van der Waals surface area contributed by atoms with Crippen LogP contribution in [-0.4, -0.2) is 43.0 Å². The third kappa shape index (κ3) is 4.60. The average Bonchev–Trinajstić information content (AvgIpc) is 2.16. The van der Waals surface area contributed by atoms with Gasteiger partial charge >= 0.3 is 0 Å². The maximum Gasteiger partial charge on any atom is 0.234 e. The molecule has 0 radical (unpaired) electrons. The zero-order valence-corrected chi connectivity index (χ0v) is 9.78. The summed E-state index contributed by atoms with van der Waals surface area (Å²) in [5.74, 6) is 0.534. The molecule has 1 amide bonds. The Morgan fingerprint density at radius 1 is 1.62 bits per heavy atom. The van der Waals surface area contributed by atoms with Gasteiger partial charge in [0.05, 0.1) is 19.0 Å². The summed E-state index contributed by atoms with van der Waals surface area (Å²) in [6.07, 6.45) is 1.40. The molecule has 5 nitrogen and oxygen atoms in total. The highest BCUT2D eigenvalue weighted by Gasteiger charge is 2.23. The molecule has 1 rings (SSSR count). The molecule has 2 unspecified atom stereocenters. The van der Waals surface area contributed by atoms with Gasteiger partial charge < -0.3 is 11.1 Å². The number of rotatable bonds is 4. The van der Waals surface area contributed by atoms with Crippen LogP contribution in [0.1, 0.15) is 19.8 Å². The molecule has 0 aliphatic carbocycles. The molecule has 90 valence electrons. The van der Waals surface area contributed by atoms with E-state index in [-0.39, 0.29) is 11.9 Å². The standard InChI is InChI=1S/C11H20N4O/c1-9-5-10(13)7-15(6-9)8-11(16)14-4-2-3-12/h9-10H,2,4-8,13H2,1H3,(H,14,16). The molecule has 1 fully saturated rings. The van der Waals surface area contributed by atoms with Crippen LogP contribution < -0.4 is 11.1 Å². The van der Waals surface area contributed by atoms with Gasteiger partial charge in [-0.25, -0.2) is 0 Å². The average molecular weight is 224 g/mol. The summed E-state index contributed by atoms with van der Waals surface area (Å²) in [7, 11) is 0. The number of nitrogens with one attached hydrogen (secondary N) is 1. The van der Waals surface area contributed by atoms with E-state index in [0.717, 1.165) is 19.5 Å². The molecule has 5 heteroatoms. The molecule has 2 atom stereocenters. The lowest BCUT2D eigenvalue weighted by atomic mass is 9.97. The molecule has 0 spiro atoms. The Bertz CT molecular complexity index is 264. The van der Waals surface area contributed by atoms with E-state index in [1.54, 1.807) is 0 Å². The number of piperidine rings is 1.